The summed E-state index contributed by atoms with van der Waals surface area (Å²) in [6, 6.07) is 7.91. The molecule has 3 rings (SSSR count). The molecule has 2 aliphatic rings. The largest absolute Gasteiger partial charge is 0.351 e. The molecule has 2 fully saturated rings. The molecule has 26 heavy (non-hydrogen) atoms. The maximum absolute atomic E-state index is 12.3. The summed E-state index contributed by atoms with van der Waals surface area (Å²) in [6.07, 6.45) is 1.54. The van der Waals surface area contributed by atoms with Gasteiger partial charge < -0.3 is 10.6 Å². The van der Waals surface area contributed by atoms with E-state index in [9.17, 15) is 9.59 Å². The van der Waals surface area contributed by atoms with Crippen molar-refractivity contribution in [2.24, 2.45) is 10.8 Å². The van der Waals surface area contributed by atoms with Gasteiger partial charge in [-0.1, -0.05) is 88.0 Å². The van der Waals surface area contributed by atoms with Gasteiger partial charge in [0.05, 0.1) is 17.3 Å². The molecule has 142 valence electrons. The number of hydrogen-bond acceptors (Lipinski definition) is 2. The van der Waals surface area contributed by atoms with Gasteiger partial charge in [-0.3, -0.25) is 9.59 Å². The smallest absolute Gasteiger partial charge is 0.228 e. The number of alkyl halides is 4. The molecule has 0 unspecified atom stereocenters. The standard InChI is InChI=1S/C18H20Br4N2O2/c1-15(9-17(15,19)20)13(25)23-7-11-3-5-12(6-4-11)8-24-14(26)16(2)10-18(16,21)22/h3-6H,7-10H2,1-2H3,(H,23,25)(H,24,26)/t15-,16+. The lowest BCUT2D eigenvalue weighted by Crippen LogP contribution is -2.33. The summed E-state index contributed by atoms with van der Waals surface area (Å²) < 4.78 is -0.557. The van der Waals surface area contributed by atoms with Crippen LogP contribution in [0.5, 0.6) is 0 Å². The van der Waals surface area contributed by atoms with Gasteiger partial charge in [-0.2, -0.15) is 0 Å². The van der Waals surface area contributed by atoms with Gasteiger partial charge in [0.2, 0.25) is 11.8 Å². The minimum Gasteiger partial charge on any atom is -0.351 e. The summed E-state index contributed by atoms with van der Waals surface area (Å²) in [5.41, 5.74) is 1.25. The maximum Gasteiger partial charge on any atom is 0.228 e. The van der Waals surface area contributed by atoms with E-state index in [1.54, 1.807) is 0 Å². The molecule has 0 aliphatic heterocycles. The Morgan fingerprint density at radius 1 is 0.808 bits per heavy atom. The van der Waals surface area contributed by atoms with Crippen molar-refractivity contribution in [1.29, 1.82) is 0 Å². The zero-order chi connectivity index (χ0) is 19.4. The van der Waals surface area contributed by atoms with Crippen molar-refractivity contribution in [3.63, 3.8) is 0 Å². The number of halogens is 4. The Hall–Kier alpha value is 0.0800. The summed E-state index contributed by atoms with van der Waals surface area (Å²) in [6.45, 7) is 4.86. The molecule has 8 heteroatoms. The molecule has 1 aromatic rings. The van der Waals surface area contributed by atoms with Gasteiger partial charge in [0, 0.05) is 13.1 Å². The number of rotatable bonds is 6. The van der Waals surface area contributed by atoms with Crippen molar-refractivity contribution in [3.8, 4) is 0 Å². The van der Waals surface area contributed by atoms with Crippen LogP contribution in [0.1, 0.15) is 37.8 Å². The van der Waals surface area contributed by atoms with E-state index in [2.05, 4.69) is 74.4 Å². The molecule has 2 N–H and O–H groups in total. The molecule has 2 amide bonds. The van der Waals surface area contributed by atoms with Crippen molar-refractivity contribution in [2.45, 2.75) is 46.2 Å². The summed E-state index contributed by atoms with van der Waals surface area (Å²) in [7, 11) is 0. The van der Waals surface area contributed by atoms with Crippen LogP contribution in [0.3, 0.4) is 0 Å². The highest BCUT2D eigenvalue weighted by atomic mass is 79.9. The van der Waals surface area contributed by atoms with E-state index in [1.807, 2.05) is 38.1 Å². The Balaban J connectivity index is 1.47. The Morgan fingerprint density at radius 3 is 1.31 bits per heavy atom. The first-order valence-corrected chi connectivity index (χ1v) is 11.5. The molecule has 4 nitrogen and oxygen atoms in total. The van der Waals surface area contributed by atoms with Crippen LogP contribution in [0.15, 0.2) is 24.3 Å². The third kappa shape index (κ3) is 3.80. The van der Waals surface area contributed by atoms with Crippen molar-refractivity contribution < 1.29 is 9.59 Å². The zero-order valence-corrected chi connectivity index (χ0v) is 20.8. The van der Waals surface area contributed by atoms with E-state index in [1.165, 1.54) is 0 Å². The molecule has 0 bridgehead atoms. The molecule has 1 aromatic carbocycles. The lowest BCUT2D eigenvalue weighted by molar-refractivity contribution is -0.126. The second-order valence-corrected chi connectivity index (χ2v) is 15.2. The lowest BCUT2D eigenvalue weighted by Gasteiger charge is -2.14. The highest BCUT2D eigenvalue weighted by Gasteiger charge is 2.67. The van der Waals surface area contributed by atoms with Crippen molar-refractivity contribution in [3.05, 3.63) is 35.4 Å². The van der Waals surface area contributed by atoms with Crippen LogP contribution in [0.4, 0.5) is 0 Å². The normalized spacial score (nSPS) is 30.4. The maximum atomic E-state index is 12.3. The number of amides is 2. The second kappa shape index (κ2) is 6.85. The monoisotopic (exact) mass is 612 g/mol. The van der Waals surface area contributed by atoms with Crippen LogP contribution < -0.4 is 10.6 Å². The predicted molar refractivity (Wildman–Crippen MR) is 117 cm³/mol. The van der Waals surface area contributed by atoms with Crippen LogP contribution in [-0.4, -0.2) is 18.3 Å². The van der Waals surface area contributed by atoms with Gasteiger partial charge in [-0.05, 0) is 37.8 Å². The molecule has 2 atom stereocenters. The SMILES string of the molecule is C[C@@]1(C(=O)NCc2ccc(CNC(=O)[C@@]3(C)CC3(Br)Br)cc2)CC1(Br)Br. The summed E-state index contributed by atoms with van der Waals surface area (Å²) >= 11 is 14.1. The molecule has 0 aromatic heterocycles. The molecular weight excluding hydrogens is 596 g/mol. The zero-order valence-electron chi connectivity index (χ0n) is 14.5. The first-order chi connectivity index (χ1) is 11.9. The number of carbonyl (C=O) groups excluding carboxylic acids is 2. The summed E-state index contributed by atoms with van der Waals surface area (Å²) in [5, 5.41) is 5.97. The van der Waals surface area contributed by atoms with Crippen LogP contribution >= 0.6 is 63.7 Å². The first-order valence-electron chi connectivity index (χ1n) is 8.31. The van der Waals surface area contributed by atoms with Gasteiger partial charge in [-0.15, -0.1) is 0 Å². The molecular formula is C18H20Br4N2O2. The molecule has 2 aliphatic carbocycles. The molecule has 0 spiro atoms. The van der Waals surface area contributed by atoms with Gasteiger partial charge in [-0.25, -0.2) is 0 Å². The van der Waals surface area contributed by atoms with Crippen LogP contribution in [0, 0.1) is 10.8 Å². The van der Waals surface area contributed by atoms with E-state index in [-0.39, 0.29) is 18.3 Å². The number of hydrogen-bond donors (Lipinski definition) is 2. The lowest BCUT2D eigenvalue weighted by atomic mass is 10.1. The Morgan fingerprint density at radius 2 is 1.08 bits per heavy atom. The van der Waals surface area contributed by atoms with E-state index >= 15 is 0 Å². The van der Waals surface area contributed by atoms with Gasteiger partial charge in [0.1, 0.15) is 0 Å². The number of carbonyl (C=O) groups is 2. The Labute approximate surface area is 187 Å². The average Bonchev–Trinajstić information content (AvgIpc) is 3.31. The van der Waals surface area contributed by atoms with Crippen molar-refractivity contribution in [2.75, 3.05) is 0 Å². The van der Waals surface area contributed by atoms with Gasteiger partial charge in [0.15, 0.2) is 0 Å². The minimum absolute atomic E-state index is 0.0355. The topological polar surface area (TPSA) is 58.2 Å². The quantitative estimate of drug-likeness (QED) is 0.456. The fourth-order valence-corrected chi connectivity index (χ4v) is 5.79. The van der Waals surface area contributed by atoms with E-state index < -0.39 is 10.8 Å². The van der Waals surface area contributed by atoms with Crippen molar-refractivity contribution in [1.82, 2.24) is 10.6 Å². The predicted octanol–water partition coefficient (Wildman–Crippen LogP) is 4.71. The minimum atomic E-state index is -0.407. The van der Waals surface area contributed by atoms with E-state index in [4.69, 9.17) is 0 Å². The average molecular weight is 616 g/mol. The molecule has 0 heterocycles. The third-order valence-corrected chi connectivity index (χ3v) is 10.1. The van der Waals surface area contributed by atoms with Crippen LogP contribution in [0.2, 0.25) is 0 Å². The summed E-state index contributed by atoms with van der Waals surface area (Å²) in [5.74, 6) is 0.0709. The van der Waals surface area contributed by atoms with E-state index in [0.717, 1.165) is 24.0 Å². The third-order valence-electron chi connectivity index (χ3n) is 5.45. The highest BCUT2D eigenvalue weighted by Crippen LogP contribution is 2.67. The second-order valence-electron chi connectivity index (χ2n) is 7.61. The number of nitrogens with one attached hydrogen (secondary N) is 2. The first kappa shape index (κ1) is 20.8. The molecule has 0 radical (unpaired) electrons. The number of benzene rings is 1. The van der Waals surface area contributed by atoms with E-state index in [0.29, 0.717) is 13.1 Å². The summed E-state index contributed by atoms with van der Waals surface area (Å²) in [4.78, 5) is 24.6. The van der Waals surface area contributed by atoms with Crippen LogP contribution in [-0.2, 0) is 22.7 Å². The molecule has 0 saturated heterocycles. The van der Waals surface area contributed by atoms with Gasteiger partial charge >= 0.3 is 0 Å². The Bertz CT molecular complexity index is 687. The highest BCUT2D eigenvalue weighted by molar-refractivity contribution is 9.26. The Kier molecular flexibility index (Phi) is 5.48. The fraction of sp³-hybridized carbons (Fsp3) is 0.556. The fourth-order valence-electron chi connectivity index (χ4n) is 2.82. The molecule has 2 saturated carbocycles. The van der Waals surface area contributed by atoms with Crippen LogP contribution in [0.25, 0.3) is 0 Å². The van der Waals surface area contributed by atoms with Crippen molar-refractivity contribution >= 4 is 75.5 Å². The van der Waals surface area contributed by atoms with Gasteiger partial charge in [0.25, 0.3) is 0 Å².